The van der Waals surface area contributed by atoms with Crippen molar-refractivity contribution in [3.63, 3.8) is 0 Å². The summed E-state index contributed by atoms with van der Waals surface area (Å²) in [5.74, 6) is 2.24. The van der Waals surface area contributed by atoms with Crippen LogP contribution in [0.4, 0.5) is 5.69 Å². The molecule has 0 spiro atoms. The molecule has 0 aliphatic carbocycles. The van der Waals surface area contributed by atoms with E-state index < -0.39 is 16.4 Å². The summed E-state index contributed by atoms with van der Waals surface area (Å²) in [6.07, 6.45) is 6.66. The number of terminal acetylenes is 1. The second kappa shape index (κ2) is 7.46. The van der Waals surface area contributed by atoms with E-state index in [0.717, 1.165) is 5.56 Å². The number of carbonyl (C=O) groups excluding carboxylic acids is 1. The Kier molecular flexibility index (Phi) is 5.93. The number of carbonyl (C=O) groups is 1. The molecule has 6 nitrogen and oxygen atoms in total. The standard InChI is InChI=1S/C16H20N2O4/c1-5-16(6-2,7-3)17-15(19)11-22-14-9-8-12(4)10-13(14)18(20)21/h1,8-10H,6-7,11H2,2-4H3,(H,17,19). The van der Waals surface area contributed by atoms with Gasteiger partial charge in [-0.15, -0.1) is 6.42 Å². The molecule has 1 rings (SSSR count). The number of aryl methyl sites for hydroxylation is 1. The molecule has 0 bridgehead atoms. The number of ether oxygens (including phenoxy) is 1. The van der Waals surface area contributed by atoms with Crippen LogP contribution in [-0.4, -0.2) is 23.0 Å². The Morgan fingerprint density at radius 1 is 1.45 bits per heavy atom. The topological polar surface area (TPSA) is 81.5 Å². The molecule has 0 saturated heterocycles. The van der Waals surface area contributed by atoms with Crippen LogP contribution in [0.1, 0.15) is 32.3 Å². The summed E-state index contributed by atoms with van der Waals surface area (Å²) in [7, 11) is 0. The van der Waals surface area contributed by atoms with Gasteiger partial charge >= 0.3 is 5.69 Å². The highest BCUT2D eigenvalue weighted by Crippen LogP contribution is 2.27. The minimum absolute atomic E-state index is 0.0602. The van der Waals surface area contributed by atoms with E-state index in [1.807, 2.05) is 13.8 Å². The molecule has 1 amide bonds. The molecule has 22 heavy (non-hydrogen) atoms. The van der Waals surface area contributed by atoms with Crippen LogP contribution in [0.25, 0.3) is 0 Å². The maximum Gasteiger partial charge on any atom is 0.311 e. The molecule has 0 fully saturated rings. The van der Waals surface area contributed by atoms with E-state index in [9.17, 15) is 14.9 Å². The molecule has 0 aliphatic heterocycles. The van der Waals surface area contributed by atoms with E-state index in [2.05, 4.69) is 11.2 Å². The van der Waals surface area contributed by atoms with Crippen molar-refractivity contribution in [1.29, 1.82) is 0 Å². The molecule has 0 heterocycles. The van der Waals surface area contributed by atoms with Crippen LogP contribution < -0.4 is 10.1 Å². The first-order valence-electron chi connectivity index (χ1n) is 7.04. The molecule has 0 aromatic heterocycles. The fourth-order valence-corrected chi connectivity index (χ4v) is 2.01. The highest BCUT2D eigenvalue weighted by atomic mass is 16.6. The average Bonchev–Trinajstić information content (AvgIpc) is 2.51. The Hall–Kier alpha value is -2.55. The molecular formula is C16H20N2O4. The summed E-state index contributed by atoms with van der Waals surface area (Å²) in [6.45, 7) is 5.19. The Morgan fingerprint density at radius 3 is 2.59 bits per heavy atom. The zero-order valence-electron chi connectivity index (χ0n) is 13.0. The number of nitro benzene ring substituents is 1. The van der Waals surface area contributed by atoms with Gasteiger partial charge in [-0.25, -0.2) is 0 Å². The zero-order chi connectivity index (χ0) is 16.8. The highest BCUT2D eigenvalue weighted by Gasteiger charge is 2.26. The number of hydrogen-bond acceptors (Lipinski definition) is 4. The van der Waals surface area contributed by atoms with Gasteiger partial charge in [0.1, 0.15) is 5.54 Å². The Labute approximate surface area is 130 Å². The van der Waals surface area contributed by atoms with E-state index in [0.29, 0.717) is 12.8 Å². The lowest BCUT2D eigenvalue weighted by Crippen LogP contribution is -2.48. The van der Waals surface area contributed by atoms with E-state index >= 15 is 0 Å². The smallest absolute Gasteiger partial charge is 0.311 e. The number of amides is 1. The minimum Gasteiger partial charge on any atom is -0.477 e. The van der Waals surface area contributed by atoms with Crippen LogP contribution >= 0.6 is 0 Å². The Balaban J connectivity index is 2.77. The molecule has 1 N–H and O–H groups in total. The lowest BCUT2D eigenvalue weighted by molar-refractivity contribution is -0.385. The van der Waals surface area contributed by atoms with Gasteiger partial charge in [0.2, 0.25) is 0 Å². The second-order valence-corrected chi connectivity index (χ2v) is 5.00. The first-order chi connectivity index (χ1) is 10.4. The van der Waals surface area contributed by atoms with Gasteiger partial charge in [0.25, 0.3) is 5.91 Å². The molecule has 1 aromatic rings. The molecule has 0 radical (unpaired) electrons. The molecular weight excluding hydrogens is 284 g/mol. The summed E-state index contributed by atoms with van der Waals surface area (Å²) in [5, 5.41) is 13.7. The van der Waals surface area contributed by atoms with Gasteiger partial charge in [-0.05, 0) is 31.4 Å². The van der Waals surface area contributed by atoms with Crippen LogP contribution in [-0.2, 0) is 4.79 Å². The number of rotatable bonds is 7. The van der Waals surface area contributed by atoms with Gasteiger partial charge in [0.15, 0.2) is 12.4 Å². The summed E-state index contributed by atoms with van der Waals surface area (Å²) in [6, 6.07) is 4.57. The first kappa shape index (κ1) is 17.5. The summed E-state index contributed by atoms with van der Waals surface area (Å²) < 4.78 is 5.27. The van der Waals surface area contributed by atoms with Crippen molar-refractivity contribution in [3.05, 3.63) is 33.9 Å². The molecule has 0 saturated carbocycles. The monoisotopic (exact) mass is 304 g/mol. The third kappa shape index (κ3) is 4.22. The van der Waals surface area contributed by atoms with Crippen LogP contribution in [0.2, 0.25) is 0 Å². The van der Waals surface area contributed by atoms with E-state index in [1.165, 1.54) is 12.1 Å². The van der Waals surface area contributed by atoms with Gasteiger partial charge in [0.05, 0.1) is 4.92 Å². The van der Waals surface area contributed by atoms with E-state index in [1.54, 1.807) is 13.0 Å². The lowest BCUT2D eigenvalue weighted by atomic mass is 9.94. The first-order valence-corrected chi connectivity index (χ1v) is 7.04. The molecule has 6 heteroatoms. The van der Waals surface area contributed by atoms with Crippen molar-refractivity contribution < 1.29 is 14.5 Å². The van der Waals surface area contributed by atoms with Gasteiger partial charge < -0.3 is 10.1 Å². The van der Waals surface area contributed by atoms with Crippen LogP contribution in [0.5, 0.6) is 5.75 Å². The molecule has 0 atom stereocenters. The predicted octanol–water partition coefficient (Wildman–Crippen LogP) is 2.59. The quantitative estimate of drug-likeness (QED) is 0.477. The third-order valence-electron chi connectivity index (χ3n) is 3.53. The summed E-state index contributed by atoms with van der Waals surface area (Å²) >= 11 is 0. The van der Waals surface area contributed by atoms with Crippen molar-refractivity contribution >= 4 is 11.6 Å². The zero-order valence-corrected chi connectivity index (χ0v) is 13.0. The number of benzene rings is 1. The number of hydrogen-bond donors (Lipinski definition) is 1. The number of nitrogens with zero attached hydrogens (tertiary/aromatic N) is 1. The van der Waals surface area contributed by atoms with Crippen LogP contribution in [0, 0.1) is 29.4 Å². The summed E-state index contributed by atoms with van der Waals surface area (Å²) in [5.41, 5.74) is -0.131. The third-order valence-corrected chi connectivity index (χ3v) is 3.53. The van der Waals surface area contributed by atoms with Crippen molar-refractivity contribution in [2.24, 2.45) is 0 Å². The van der Waals surface area contributed by atoms with Crippen molar-refractivity contribution in [3.8, 4) is 18.1 Å². The van der Waals surface area contributed by atoms with Crippen LogP contribution in [0.15, 0.2) is 18.2 Å². The van der Waals surface area contributed by atoms with Crippen molar-refractivity contribution in [2.45, 2.75) is 39.2 Å². The largest absolute Gasteiger partial charge is 0.477 e. The van der Waals surface area contributed by atoms with Gasteiger partial charge in [-0.3, -0.25) is 14.9 Å². The van der Waals surface area contributed by atoms with E-state index in [4.69, 9.17) is 11.2 Å². The summed E-state index contributed by atoms with van der Waals surface area (Å²) in [4.78, 5) is 22.4. The molecule has 1 aromatic carbocycles. The van der Waals surface area contributed by atoms with Crippen molar-refractivity contribution in [2.75, 3.05) is 6.61 Å². The maximum absolute atomic E-state index is 12.0. The fourth-order valence-electron chi connectivity index (χ4n) is 2.01. The van der Waals surface area contributed by atoms with Gasteiger partial charge in [-0.1, -0.05) is 25.8 Å². The number of nitro groups is 1. The minimum atomic E-state index is -0.709. The normalized spacial score (nSPS) is 10.6. The number of nitrogens with one attached hydrogen (secondary N) is 1. The van der Waals surface area contributed by atoms with Gasteiger partial charge in [-0.2, -0.15) is 0 Å². The molecule has 118 valence electrons. The van der Waals surface area contributed by atoms with E-state index in [-0.39, 0.29) is 18.0 Å². The molecule has 0 aliphatic rings. The van der Waals surface area contributed by atoms with Crippen LogP contribution in [0.3, 0.4) is 0 Å². The fraction of sp³-hybridized carbons (Fsp3) is 0.438. The molecule has 0 unspecified atom stereocenters. The van der Waals surface area contributed by atoms with Gasteiger partial charge in [0, 0.05) is 6.07 Å². The highest BCUT2D eigenvalue weighted by molar-refractivity contribution is 5.79. The van der Waals surface area contributed by atoms with Crippen molar-refractivity contribution in [1.82, 2.24) is 5.32 Å². The second-order valence-electron chi connectivity index (χ2n) is 5.00. The average molecular weight is 304 g/mol. The Bertz CT molecular complexity index is 601. The Morgan fingerprint density at radius 2 is 2.09 bits per heavy atom. The lowest BCUT2D eigenvalue weighted by Gasteiger charge is -2.26. The predicted molar refractivity (Wildman–Crippen MR) is 83.6 cm³/mol. The maximum atomic E-state index is 12.0. The SMILES string of the molecule is C#CC(CC)(CC)NC(=O)COc1ccc(C)cc1[N+](=O)[O-].